The van der Waals surface area contributed by atoms with E-state index in [0.717, 1.165) is 30.0 Å². The van der Waals surface area contributed by atoms with E-state index in [1.807, 2.05) is 67.7 Å². The van der Waals surface area contributed by atoms with E-state index in [2.05, 4.69) is 34.4 Å². The summed E-state index contributed by atoms with van der Waals surface area (Å²) in [5.41, 5.74) is 3.55. The van der Waals surface area contributed by atoms with Crippen molar-refractivity contribution in [3.63, 3.8) is 0 Å². The van der Waals surface area contributed by atoms with E-state index < -0.39 is 12.1 Å². The Morgan fingerprint density at radius 1 is 0.864 bits per heavy atom. The predicted octanol–water partition coefficient (Wildman–Crippen LogP) is 5.66. The van der Waals surface area contributed by atoms with Crippen LogP contribution in [0.4, 0.5) is 0 Å². The first kappa shape index (κ1) is 29.3. The molecule has 2 amide bonds. The average Bonchev–Trinajstić information content (AvgIpc) is 3.70. The molecule has 1 aromatic heterocycles. The summed E-state index contributed by atoms with van der Waals surface area (Å²) >= 11 is 0. The van der Waals surface area contributed by atoms with Gasteiger partial charge in [-0.15, -0.1) is 0 Å². The summed E-state index contributed by atoms with van der Waals surface area (Å²) in [4.78, 5) is 34.7. The summed E-state index contributed by atoms with van der Waals surface area (Å²) < 4.78 is 5.58. The number of benzene rings is 4. The number of hydrogen-bond acceptors (Lipinski definition) is 6. The Bertz CT molecular complexity index is 1740. The van der Waals surface area contributed by atoms with E-state index in [-0.39, 0.29) is 18.4 Å². The lowest BCUT2D eigenvalue weighted by Crippen LogP contribution is -2.32. The van der Waals surface area contributed by atoms with Crippen molar-refractivity contribution in [3.05, 3.63) is 131 Å². The van der Waals surface area contributed by atoms with Gasteiger partial charge in [-0.1, -0.05) is 78.0 Å². The van der Waals surface area contributed by atoms with Gasteiger partial charge < -0.3 is 19.4 Å². The summed E-state index contributed by atoms with van der Waals surface area (Å²) in [7, 11) is 1.81. The third-order valence-corrected chi connectivity index (χ3v) is 8.28. The lowest BCUT2D eigenvalue weighted by atomic mass is 10.0. The number of aryl methyl sites for hydroxylation is 2. The monoisotopic (exact) mass is 588 g/mol. The molecule has 1 fully saturated rings. The highest BCUT2D eigenvalue weighted by Crippen LogP contribution is 2.33. The van der Waals surface area contributed by atoms with Crippen LogP contribution in [0.3, 0.4) is 0 Å². The number of aliphatic hydroxyl groups excluding tert-OH is 1. The Kier molecular flexibility index (Phi) is 8.79. The topological polar surface area (TPSA) is 99.8 Å². The van der Waals surface area contributed by atoms with Crippen molar-refractivity contribution in [1.29, 1.82) is 0 Å². The molecule has 8 heteroatoms. The Morgan fingerprint density at radius 3 is 2.20 bits per heavy atom. The molecular weight excluding hydrogens is 552 g/mol. The summed E-state index contributed by atoms with van der Waals surface area (Å²) in [5, 5.41) is 16.4. The van der Waals surface area contributed by atoms with Crippen molar-refractivity contribution >= 4 is 22.6 Å². The molecule has 0 bridgehead atoms. The van der Waals surface area contributed by atoms with Gasteiger partial charge in [-0.25, -0.2) is 0 Å². The number of β-amino-alcohol motifs (C(OH)–C–C–N with tert-alkyl or cyclic N) is 1. The highest BCUT2D eigenvalue weighted by Gasteiger charge is 2.39. The first-order chi connectivity index (χ1) is 21.4. The maximum atomic E-state index is 13.7. The summed E-state index contributed by atoms with van der Waals surface area (Å²) in [5.74, 6) is 0.699. The maximum absolute atomic E-state index is 13.7. The molecule has 1 saturated heterocycles. The molecule has 1 aliphatic heterocycles. The molecule has 1 aliphatic rings. The number of aromatic nitrogens is 2. The fraction of sp³-hybridized carbons (Fsp3) is 0.278. The van der Waals surface area contributed by atoms with Crippen LogP contribution in [0.1, 0.15) is 62.4 Å². The van der Waals surface area contributed by atoms with Gasteiger partial charge in [0.05, 0.1) is 6.10 Å². The smallest absolute Gasteiger partial charge is 0.254 e. The minimum absolute atomic E-state index is 0.0455. The zero-order chi connectivity index (χ0) is 30.5. The van der Waals surface area contributed by atoms with Crippen LogP contribution in [0.5, 0.6) is 0 Å². The number of aliphatic hydroxyl groups is 1. The molecule has 2 atom stereocenters. The SMILES string of the molecule is CN(CCc1ccccc1)C(=O)c1ccc2cc(C(=O)N3C[C@H](O)C[C@@H]3c3nc(CCCc4ccccc4)no3)ccc2c1. The second kappa shape index (κ2) is 13.2. The molecule has 0 unspecified atom stereocenters. The predicted molar refractivity (Wildman–Crippen MR) is 168 cm³/mol. The number of likely N-dealkylation sites (N-methyl/N-ethyl adjacent to an activating group) is 1. The third kappa shape index (κ3) is 6.71. The van der Waals surface area contributed by atoms with E-state index in [1.54, 1.807) is 21.9 Å². The van der Waals surface area contributed by atoms with Crippen molar-refractivity contribution in [3.8, 4) is 0 Å². The Labute approximate surface area is 256 Å². The minimum Gasteiger partial charge on any atom is -0.391 e. The number of carbonyl (C=O) groups excluding carboxylic acids is 2. The van der Waals surface area contributed by atoms with E-state index in [4.69, 9.17) is 4.52 Å². The van der Waals surface area contributed by atoms with Gasteiger partial charge in [-0.2, -0.15) is 4.98 Å². The van der Waals surface area contributed by atoms with Crippen molar-refractivity contribution in [2.45, 2.75) is 44.2 Å². The van der Waals surface area contributed by atoms with Gasteiger partial charge in [-0.05, 0) is 65.4 Å². The number of hydrogen-bond donors (Lipinski definition) is 1. The molecule has 2 heterocycles. The van der Waals surface area contributed by atoms with Crippen LogP contribution >= 0.6 is 0 Å². The van der Waals surface area contributed by atoms with Crippen LogP contribution in [0, 0.1) is 0 Å². The van der Waals surface area contributed by atoms with Gasteiger partial charge in [0, 0.05) is 44.1 Å². The molecular formula is C36H36N4O4. The number of rotatable bonds is 10. The molecule has 8 nitrogen and oxygen atoms in total. The van der Waals surface area contributed by atoms with Crippen LogP contribution in [0.2, 0.25) is 0 Å². The van der Waals surface area contributed by atoms with Gasteiger partial charge in [0.2, 0.25) is 5.89 Å². The fourth-order valence-electron chi connectivity index (χ4n) is 5.81. The lowest BCUT2D eigenvalue weighted by Gasteiger charge is -2.22. The van der Waals surface area contributed by atoms with Crippen molar-refractivity contribution in [2.24, 2.45) is 0 Å². The zero-order valence-corrected chi connectivity index (χ0v) is 24.8. The van der Waals surface area contributed by atoms with Gasteiger partial charge in [-0.3, -0.25) is 9.59 Å². The van der Waals surface area contributed by atoms with E-state index in [1.165, 1.54) is 11.1 Å². The quantitative estimate of drug-likeness (QED) is 0.226. The first-order valence-electron chi connectivity index (χ1n) is 15.1. The van der Waals surface area contributed by atoms with Crippen LogP contribution in [0.25, 0.3) is 10.8 Å². The molecule has 44 heavy (non-hydrogen) atoms. The molecule has 5 aromatic rings. The van der Waals surface area contributed by atoms with Crippen molar-refractivity contribution in [1.82, 2.24) is 19.9 Å². The summed E-state index contributed by atoms with van der Waals surface area (Å²) in [6.45, 7) is 0.808. The Hall–Kier alpha value is -4.82. The van der Waals surface area contributed by atoms with Crippen molar-refractivity contribution < 1.29 is 19.2 Å². The summed E-state index contributed by atoms with van der Waals surface area (Å²) in [6.07, 6.45) is 2.92. The number of likely N-dealkylation sites (tertiary alicyclic amines) is 1. The molecule has 0 radical (unpaired) electrons. The van der Waals surface area contributed by atoms with E-state index in [0.29, 0.717) is 42.2 Å². The van der Waals surface area contributed by atoms with Gasteiger partial charge in [0.1, 0.15) is 6.04 Å². The van der Waals surface area contributed by atoms with Crippen LogP contribution in [-0.2, 0) is 19.3 Å². The Balaban J connectivity index is 1.11. The number of fused-ring (bicyclic) bond motifs is 1. The molecule has 1 N–H and O–H groups in total. The van der Waals surface area contributed by atoms with E-state index in [9.17, 15) is 14.7 Å². The molecule has 0 aliphatic carbocycles. The second-order valence-corrected chi connectivity index (χ2v) is 11.5. The van der Waals surface area contributed by atoms with Crippen LogP contribution in [-0.4, -0.2) is 63.1 Å². The highest BCUT2D eigenvalue weighted by atomic mass is 16.5. The lowest BCUT2D eigenvalue weighted by molar-refractivity contribution is 0.0693. The number of amides is 2. The summed E-state index contributed by atoms with van der Waals surface area (Å²) in [6, 6.07) is 30.9. The molecule has 0 saturated carbocycles. The largest absolute Gasteiger partial charge is 0.391 e. The number of nitrogens with zero attached hydrogens (tertiary/aromatic N) is 4. The second-order valence-electron chi connectivity index (χ2n) is 11.5. The minimum atomic E-state index is -0.676. The van der Waals surface area contributed by atoms with Gasteiger partial charge in [0.15, 0.2) is 5.82 Å². The first-order valence-corrected chi connectivity index (χ1v) is 15.1. The Morgan fingerprint density at radius 2 is 1.50 bits per heavy atom. The molecule has 0 spiro atoms. The average molecular weight is 589 g/mol. The van der Waals surface area contributed by atoms with Crippen LogP contribution in [0.15, 0.2) is 102 Å². The third-order valence-electron chi connectivity index (χ3n) is 8.28. The van der Waals surface area contributed by atoms with E-state index >= 15 is 0 Å². The molecule has 224 valence electrons. The maximum Gasteiger partial charge on any atom is 0.254 e. The van der Waals surface area contributed by atoms with Crippen LogP contribution < -0.4 is 0 Å². The molecule has 6 rings (SSSR count). The zero-order valence-electron chi connectivity index (χ0n) is 24.8. The fourth-order valence-corrected chi connectivity index (χ4v) is 5.81. The molecule has 4 aromatic carbocycles. The van der Waals surface area contributed by atoms with Gasteiger partial charge >= 0.3 is 0 Å². The highest BCUT2D eigenvalue weighted by molar-refractivity contribution is 6.02. The van der Waals surface area contributed by atoms with Crippen molar-refractivity contribution in [2.75, 3.05) is 20.1 Å². The number of carbonyl (C=O) groups is 2. The standard InChI is InChI=1S/C36H36N4O4/c1-39(20-19-26-11-6-3-7-12-26)35(42)29-17-15-28-22-30(18-16-27(28)21-29)36(43)40-24-31(41)23-32(40)34-37-33(38-44-34)14-8-13-25-9-4-2-5-10-25/h2-7,9-12,15-18,21-22,31-32,41H,8,13-14,19-20,23-24H2,1H3/t31-,32-/m1/s1. The van der Waals surface area contributed by atoms with Gasteiger partial charge in [0.25, 0.3) is 11.8 Å². The normalized spacial score (nSPS) is 16.4.